The van der Waals surface area contributed by atoms with Crippen LogP contribution in [0.2, 0.25) is 0 Å². The van der Waals surface area contributed by atoms with Gasteiger partial charge in [-0.05, 0) is 36.2 Å². The highest BCUT2D eigenvalue weighted by Gasteiger charge is 2.12. The summed E-state index contributed by atoms with van der Waals surface area (Å²) in [5.41, 5.74) is 9.09. The van der Waals surface area contributed by atoms with Gasteiger partial charge in [0.1, 0.15) is 11.7 Å². The third-order valence-electron chi connectivity index (χ3n) is 3.33. The summed E-state index contributed by atoms with van der Waals surface area (Å²) in [6.45, 7) is 2.73. The number of nitrogens with two attached hydrogens (primary N) is 1. The minimum absolute atomic E-state index is 0.129. The van der Waals surface area contributed by atoms with Crippen molar-refractivity contribution < 1.29 is 4.39 Å². The van der Waals surface area contributed by atoms with Crippen LogP contribution in [-0.4, -0.2) is 12.9 Å². The van der Waals surface area contributed by atoms with Gasteiger partial charge in [0, 0.05) is 24.8 Å². The Labute approximate surface area is 118 Å². The van der Waals surface area contributed by atoms with E-state index in [1.807, 2.05) is 24.1 Å². The van der Waals surface area contributed by atoms with E-state index in [2.05, 4.69) is 19.1 Å². The van der Waals surface area contributed by atoms with E-state index in [-0.39, 0.29) is 11.7 Å². The lowest BCUT2D eigenvalue weighted by Crippen LogP contribution is -2.22. The van der Waals surface area contributed by atoms with Crippen molar-refractivity contribution in [3.05, 3.63) is 65.0 Å². The maximum Gasteiger partial charge on any atom is 0.125 e. The molecule has 0 spiro atoms. The number of rotatable bonds is 4. The number of hydrogen-bond acceptors (Lipinski definition) is 2. The summed E-state index contributed by atoms with van der Waals surface area (Å²) in [4.78, 5) is 1.97. The third-order valence-corrected chi connectivity index (χ3v) is 3.33. The predicted molar refractivity (Wildman–Crippen MR) is 80.7 cm³/mol. The Hall–Kier alpha value is -2.36. The van der Waals surface area contributed by atoms with Gasteiger partial charge in [0.25, 0.3) is 0 Å². The van der Waals surface area contributed by atoms with Crippen LogP contribution in [0, 0.1) is 18.2 Å². The molecule has 0 unspecified atom stereocenters. The lowest BCUT2D eigenvalue weighted by molar-refractivity contribution is 0.627. The summed E-state index contributed by atoms with van der Waals surface area (Å²) in [7, 11) is 1.91. The molecule has 104 valence electrons. The third kappa shape index (κ3) is 2.96. The van der Waals surface area contributed by atoms with Crippen molar-refractivity contribution in [2.24, 2.45) is 5.73 Å². The molecule has 0 aliphatic carbocycles. The first-order valence-corrected chi connectivity index (χ1v) is 6.38. The number of nitrogen functional groups attached to an aromatic ring is 1. The Morgan fingerprint density at radius 2 is 1.95 bits per heavy atom. The molecule has 0 heterocycles. The molecule has 3 N–H and O–H groups in total. The molecular formula is C16H18FN3. The monoisotopic (exact) mass is 271 g/mol. The quantitative estimate of drug-likeness (QED) is 0.663. The first-order valence-electron chi connectivity index (χ1n) is 6.38. The normalized spacial score (nSPS) is 10.3. The van der Waals surface area contributed by atoms with E-state index in [1.165, 1.54) is 23.3 Å². The highest BCUT2D eigenvalue weighted by Crippen LogP contribution is 2.22. The van der Waals surface area contributed by atoms with Crippen molar-refractivity contribution >= 4 is 11.5 Å². The summed E-state index contributed by atoms with van der Waals surface area (Å²) in [5, 5.41) is 7.57. The summed E-state index contributed by atoms with van der Waals surface area (Å²) < 4.78 is 13.3. The Kier molecular flexibility index (Phi) is 4.03. The Bertz CT molecular complexity index is 637. The van der Waals surface area contributed by atoms with Gasteiger partial charge in [-0.2, -0.15) is 0 Å². The molecule has 0 aromatic heterocycles. The zero-order valence-corrected chi connectivity index (χ0v) is 11.7. The molecule has 0 aliphatic rings. The molecule has 0 bridgehead atoms. The molecule has 2 aromatic carbocycles. The minimum Gasteiger partial charge on any atom is -0.384 e. The lowest BCUT2D eigenvalue weighted by atomic mass is 10.1. The summed E-state index contributed by atoms with van der Waals surface area (Å²) in [6, 6.07) is 12.4. The Balaban J connectivity index is 2.32. The Morgan fingerprint density at radius 3 is 2.60 bits per heavy atom. The van der Waals surface area contributed by atoms with Crippen molar-refractivity contribution in [3.8, 4) is 0 Å². The molecule has 4 heteroatoms. The van der Waals surface area contributed by atoms with E-state index in [0.29, 0.717) is 12.1 Å². The van der Waals surface area contributed by atoms with Crippen molar-refractivity contribution in [1.82, 2.24) is 0 Å². The van der Waals surface area contributed by atoms with E-state index in [9.17, 15) is 4.39 Å². The van der Waals surface area contributed by atoms with Gasteiger partial charge in [0.05, 0.1) is 0 Å². The zero-order valence-electron chi connectivity index (χ0n) is 11.7. The summed E-state index contributed by atoms with van der Waals surface area (Å²) >= 11 is 0. The van der Waals surface area contributed by atoms with Crippen molar-refractivity contribution in [3.63, 3.8) is 0 Å². The van der Waals surface area contributed by atoms with Gasteiger partial charge >= 0.3 is 0 Å². The second kappa shape index (κ2) is 5.74. The second-order valence-electron chi connectivity index (χ2n) is 4.86. The van der Waals surface area contributed by atoms with Crippen LogP contribution in [0.15, 0.2) is 42.5 Å². The number of nitrogens with one attached hydrogen (secondary N) is 1. The molecule has 0 saturated carbocycles. The van der Waals surface area contributed by atoms with E-state index in [0.717, 1.165) is 5.69 Å². The van der Waals surface area contributed by atoms with Gasteiger partial charge in [-0.15, -0.1) is 0 Å². The van der Waals surface area contributed by atoms with E-state index >= 15 is 0 Å². The summed E-state index contributed by atoms with van der Waals surface area (Å²) in [6.07, 6.45) is 0. The first-order chi connectivity index (χ1) is 9.49. The number of amidine groups is 1. The molecule has 20 heavy (non-hydrogen) atoms. The van der Waals surface area contributed by atoms with Gasteiger partial charge in [-0.25, -0.2) is 4.39 Å². The fourth-order valence-electron chi connectivity index (χ4n) is 2.19. The van der Waals surface area contributed by atoms with Gasteiger partial charge in [0.2, 0.25) is 0 Å². The second-order valence-corrected chi connectivity index (χ2v) is 4.86. The molecular weight excluding hydrogens is 253 g/mol. The van der Waals surface area contributed by atoms with Gasteiger partial charge < -0.3 is 10.6 Å². The molecule has 2 aromatic rings. The number of benzene rings is 2. The standard InChI is InChI=1S/C16H18FN3/c1-11-5-3-4-6-12(11)10-20(2)15-8-7-13(17)9-14(15)16(18)19/h3-9H,10H2,1-2H3,(H3,18,19). The number of halogens is 1. The van der Waals surface area contributed by atoms with E-state index in [4.69, 9.17) is 11.1 Å². The van der Waals surface area contributed by atoms with Crippen molar-refractivity contribution in [1.29, 1.82) is 5.41 Å². The molecule has 0 amide bonds. The largest absolute Gasteiger partial charge is 0.384 e. The van der Waals surface area contributed by atoms with Gasteiger partial charge in [-0.3, -0.25) is 5.41 Å². The topological polar surface area (TPSA) is 53.1 Å². The fraction of sp³-hybridized carbons (Fsp3) is 0.188. The smallest absolute Gasteiger partial charge is 0.125 e. The van der Waals surface area contributed by atoms with Crippen molar-refractivity contribution in [2.45, 2.75) is 13.5 Å². The van der Waals surface area contributed by atoms with E-state index < -0.39 is 0 Å². The number of anilines is 1. The molecule has 3 nitrogen and oxygen atoms in total. The molecule has 0 saturated heterocycles. The molecule has 0 aliphatic heterocycles. The first kappa shape index (κ1) is 14.1. The van der Waals surface area contributed by atoms with Crippen LogP contribution < -0.4 is 10.6 Å². The van der Waals surface area contributed by atoms with Crippen LogP contribution in [0.1, 0.15) is 16.7 Å². The van der Waals surface area contributed by atoms with Crippen LogP contribution in [0.4, 0.5) is 10.1 Å². The predicted octanol–water partition coefficient (Wildman–Crippen LogP) is 3.05. The zero-order chi connectivity index (χ0) is 14.7. The average molecular weight is 271 g/mol. The van der Waals surface area contributed by atoms with E-state index in [1.54, 1.807) is 6.07 Å². The van der Waals surface area contributed by atoms with Crippen LogP contribution in [0.25, 0.3) is 0 Å². The van der Waals surface area contributed by atoms with Gasteiger partial charge in [0.15, 0.2) is 0 Å². The molecule has 0 radical (unpaired) electrons. The number of nitrogens with zero attached hydrogens (tertiary/aromatic N) is 1. The molecule has 0 atom stereocenters. The minimum atomic E-state index is -0.386. The van der Waals surface area contributed by atoms with Crippen LogP contribution in [0.5, 0.6) is 0 Å². The highest BCUT2D eigenvalue weighted by atomic mass is 19.1. The lowest BCUT2D eigenvalue weighted by Gasteiger charge is -2.23. The fourth-order valence-corrected chi connectivity index (χ4v) is 2.19. The number of hydrogen-bond donors (Lipinski definition) is 2. The van der Waals surface area contributed by atoms with Crippen LogP contribution >= 0.6 is 0 Å². The van der Waals surface area contributed by atoms with Crippen LogP contribution in [0.3, 0.4) is 0 Å². The number of aryl methyl sites for hydroxylation is 1. The Morgan fingerprint density at radius 1 is 1.25 bits per heavy atom. The summed E-state index contributed by atoms with van der Waals surface area (Å²) in [5.74, 6) is -0.514. The maximum absolute atomic E-state index is 13.3. The van der Waals surface area contributed by atoms with Crippen LogP contribution in [-0.2, 0) is 6.54 Å². The average Bonchev–Trinajstić information content (AvgIpc) is 2.41. The maximum atomic E-state index is 13.3. The highest BCUT2D eigenvalue weighted by molar-refractivity contribution is 6.00. The van der Waals surface area contributed by atoms with Crippen molar-refractivity contribution in [2.75, 3.05) is 11.9 Å². The van der Waals surface area contributed by atoms with Gasteiger partial charge in [-0.1, -0.05) is 24.3 Å². The molecule has 0 fully saturated rings. The SMILES string of the molecule is Cc1ccccc1CN(C)c1ccc(F)cc1C(=N)N. The molecule has 2 rings (SSSR count).